The molecular formula is C13H11NO4S. The van der Waals surface area contributed by atoms with E-state index in [9.17, 15) is 9.59 Å². The van der Waals surface area contributed by atoms with E-state index in [4.69, 9.17) is 9.84 Å². The van der Waals surface area contributed by atoms with Crippen molar-refractivity contribution in [2.75, 3.05) is 0 Å². The van der Waals surface area contributed by atoms with Crippen LogP contribution in [0.1, 0.15) is 22.3 Å². The van der Waals surface area contributed by atoms with Gasteiger partial charge in [0.25, 0.3) is 0 Å². The Morgan fingerprint density at radius 3 is 2.58 bits per heavy atom. The first-order valence-corrected chi connectivity index (χ1v) is 6.31. The van der Waals surface area contributed by atoms with Crippen LogP contribution >= 0.6 is 11.3 Å². The molecule has 19 heavy (non-hydrogen) atoms. The smallest absolute Gasteiger partial charge is 0.347 e. The average molecular weight is 277 g/mol. The Balaban J connectivity index is 2.35. The van der Waals surface area contributed by atoms with Crippen LogP contribution in [0.2, 0.25) is 0 Å². The number of hydrogen-bond donors (Lipinski definition) is 1. The van der Waals surface area contributed by atoms with Gasteiger partial charge in [0.2, 0.25) is 0 Å². The zero-order valence-electron chi connectivity index (χ0n) is 10.1. The Morgan fingerprint density at radius 1 is 1.32 bits per heavy atom. The van der Waals surface area contributed by atoms with Crippen LogP contribution < -0.4 is 0 Å². The maximum absolute atomic E-state index is 11.1. The van der Waals surface area contributed by atoms with Crippen molar-refractivity contribution in [2.24, 2.45) is 0 Å². The fourth-order valence-corrected chi connectivity index (χ4v) is 2.40. The highest BCUT2D eigenvalue weighted by molar-refractivity contribution is 7.17. The lowest BCUT2D eigenvalue weighted by atomic mass is 10.2. The van der Waals surface area contributed by atoms with Gasteiger partial charge in [-0.1, -0.05) is 30.3 Å². The summed E-state index contributed by atoms with van der Waals surface area (Å²) in [4.78, 5) is 26.3. The molecule has 0 spiro atoms. The highest BCUT2D eigenvalue weighted by Gasteiger charge is 2.18. The van der Waals surface area contributed by atoms with Crippen LogP contribution in [0, 0.1) is 0 Å². The summed E-state index contributed by atoms with van der Waals surface area (Å²) in [6, 6.07) is 9.26. The highest BCUT2D eigenvalue weighted by Crippen LogP contribution is 2.28. The number of ether oxygens (including phenoxy) is 1. The van der Waals surface area contributed by atoms with Gasteiger partial charge < -0.3 is 9.84 Å². The Hall–Kier alpha value is -2.21. The lowest BCUT2D eigenvalue weighted by Gasteiger charge is -1.99. The van der Waals surface area contributed by atoms with E-state index in [0.29, 0.717) is 5.01 Å². The predicted octanol–water partition coefficient (Wildman–Crippen LogP) is 2.57. The molecule has 6 heteroatoms. The van der Waals surface area contributed by atoms with Gasteiger partial charge in [-0.3, -0.25) is 4.79 Å². The molecular weight excluding hydrogens is 266 g/mol. The number of aromatic carboxylic acids is 1. The second-order valence-corrected chi connectivity index (χ2v) is 4.75. The molecule has 2 rings (SSSR count). The van der Waals surface area contributed by atoms with Gasteiger partial charge >= 0.3 is 11.9 Å². The average Bonchev–Trinajstić information content (AvgIpc) is 2.81. The molecule has 0 atom stereocenters. The number of thiazole rings is 1. The number of carboxylic acids is 1. The highest BCUT2D eigenvalue weighted by atomic mass is 32.1. The van der Waals surface area contributed by atoms with Gasteiger partial charge in [-0.05, 0) is 0 Å². The van der Waals surface area contributed by atoms with Crippen molar-refractivity contribution in [1.29, 1.82) is 0 Å². The van der Waals surface area contributed by atoms with Crippen molar-refractivity contribution in [2.45, 2.75) is 13.5 Å². The van der Waals surface area contributed by atoms with Crippen molar-refractivity contribution in [3.8, 4) is 10.6 Å². The molecule has 0 aliphatic rings. The largest absolute Gasteiger partial charge is 0.477 e. The molecule has 98 valence electrons. The van der Waals surface area contributed by atoms with Crippen LogP contribution in [0.4, 0.5) is 0 Å². The maximum atomic E-state index is 11.1. The van der Waals surface area contributed by atoms with Gasteiger partial charge in [0.15, 0.2) is 0 Å². The van der Waals surface area contributed by atoms with E-state index in [-0.39, 0.29) is 17.2 Å². The Kier molecular flexibility index (Phi) is 3.91. The number of aromatic nitrogens is 1. The van der Waals surface area contributed by atoms with Crippen LogP contribution in [0.25, 0.3) is 10.6 Å². The van der Waals surface area contributed by atoms with Crippen LogP contribution in [0.3, 0.4) is 0 Å². The normalized spacial score (nSPS) is 10.2. The van der Waals surface area contributed by atoms with Gasteiger partial charge in [0, 0.05) is 12.5 Å². The number of carbonyl (C=O) groups excluding carboxylic acids is 1. The standard InChI is InChI=1S/C13H11NO4S/c1-8(15)18-7-10-11(13(16)17)19-12(14-10)9-5-3-2-4-6-9/h2-6H,7H2,1H3,(H,16,17). The number of benzene rings is 1. The van der Waals surface area contributed by atoms with E-state index >= 15 is 0 Å². The number of nitrogens with zero attached hydrogens (tertiary/aromatic N) is 1. The Labute approximate surface area is 113 Å². The minimum Gasteiger partial charge on any atom is -0.477 e. The summed E-state index contributed by atoms with van der Waals surface area (Å²) in [5.41, 5.74) is 1.11. The first-order valence-electron chi connectivity index (χ1n) is 5.49. The van der Waals surface area contributed by atoms with E-state index in [1.807, 2.05) is 30.3 Å². The van der Waals surface area contributed by atoms with E-state index in [1.54, 1.807) is 0 Å². The van der Waals surface area contributed by atoms with Gasteiger partial charge in [0.1, 0.15) is 22.2 Å². The van der Waals surface area contributed by atoms with Crippen molar-refractivity contribution >= 4 is 23.3 Å². The molecule has 0 saturated carbocycles. The molecule has 0 radical (unpaired) electrons. The molecule has 1 aromatic carbocycles. The molecule has 0 saturated heterocycles. The van der Waals surface area contributed by atoms with Gasteiger partial charge in [-0.15, -0.1) is 11.3 Å². The Bertz CT molecular complexity index is 606. The van der Waals surface area contributed by atoms with Gasteiger partial charge in [-0.25, -0.2) is 9.78 Å². The van der Waals surface area contributed by atoms with Crippen molar-refractivity contribution in [3.05, 3.63) is 40.9 Å². The fraction of sp³-hybridized carbons (Fsp3) is 0.154. The Morgan fingerprint density at radius 2 is 2.00 bits per heavy atom. The number of carboxylic acid groups (broad SMARTS) is 1. The predicted molar refractivity (Wildman–Crippen MR) is 70.0 cm³/mol. The van der Waals surface area contributed by atoms with Crippen LogP contribution in [0.5, 0.6) is 0 Å². The van der Waals surface area contributed by atoms with E-state index < -0.39 is 11.9 Å². The summed E-state index contributed by atoms with van der Waals surface area (Å²) >= 11 is 1.07. The summed E-state index contributed by atoms with van der Waals surface area (Å²) < 4.78 is 4.81. The third-order valence-electron chi connectivity index (χ3n) is 2.32. The fourth-order valence-electron chi connectivity index (χ4n) is 1.49. The minimum atomic E-state index is -1.07. The zero-order valence-corrected chi connectivity index (χ0v) is 10.9. The molecule has 5 nitrogen and oxygen atoms in total. The molecule has 1 N–H and O–H groups in total. The third-order valence-corrected chi connectivity index (χ3v) is 3.46. The van der Waals surface area contributed by atoms with Gasteiger partial charge in [0.05, 0.1) is 0 Å². The third kappa shape index (κ3) is 3.17. The first-order chi connectivity index (χ1) is 9.08. The lowest BCUT2D eigenvalue weighted by molar-refractivity contribution is -0.142. The van der Waals surface area contributed by atoms with Crippen molar-refractivity contribution in [1.82, 2.24) is 4.98 Å². The molecule has 0 aliphatic heterocycles. The molecule has 2 aromatic rings. The molecule has 0 bridgehead atoms. The first kappa shape index (κ1) is 13.2. The quantitative estimate of drug-likeness (QED) is 0.869. The van der Waals surface area contributed by atoms with Crippen LogP contribution in [0.15, 0.2) is 30.3 Å². The van der Waals surface area contributed by atoms with E-state index in [0.717, 1.165) is 16.9 Å². The second-order valence-electron chi connectivity index (χ2n) is 3.75. The maximum Gasteiger partial charge on any atom is 0.347 e. The number of rotatable bonds is 4. The molecule has 0 unspecified atom stereocenters. The van der Waals surface area contributed by atoms with Crippen LogP contribution in [-0.2, 0) is 16.1 Å². The monoisotopic (exact) mass is 277 g/mol. The summed E-state index contributed by atoms with van der Waals surface area (Å²) in [7, 11) is 0. The number of hydrogen-bond acceptors (Lipinski definition) is 5. The topological polar surface area (TPSA) is 76.5 Å². The minimum absolute atomic E-state index is 0.0973. The summed E-state index contributed by atoms with van der Waals surface area (Å²) in [5, 5.41) is 9.72. The molecule has 1 aromatic heterocycles. The van der Waals surface area contributed by atoms with Crippen molar-refractivity contribution in [3.63, 3.8) is 0 Å². The van der Waals surface area contributed by atoms with E-state index in [2.05, 4.69) is 4.98 Å². The van der Waals surface area contributed by atoms with Gasteiger partial charge in [-0.2, -0.15) is 0 Å². The second kappa shape index (κ2) is 5.62. The van der Waals surface area contributed by atoms with E-state index in [1.165, 1.54) is 6.92 Å². The summed E-state index contributed by atoms with van der Waals surface area (Å²) in [6.07, 6.45) is 0. The van der Waals surface area contributed by atoms with Crippen molar-refractivity contribution < 1.29 is 19.4 Å². The molecule has 0 fully saturated rings. The van der Waals surface area contributed by atoms with Crippen LogP contribution in [-0.4, -0.2) is 22.0 Å². The molecule has 0 amide bonds. The number of esters is 1. The molecule has 0 aliphatic carbocycles. The zero-order chi connectivity index (χ0) is 13.8. The summed E-state index contributed by atoms with van der Waals surface area (Å²) in [6.45, 7) is 1.14. The SMILES string of the molecule is CC(=O)OCc1nc(-c2ccccc2)sc1C(=O)O. The molecule has 1 heterocycles. The summed E-state index contributed by atoms with van der Waals surface area (Å²) in [5.74, 6) is -1.53. The lowest BCUT2D eigenvalue weighted by Crippen LogP contribution is -2.04. The number of carbonyl (C=O) groups is 2.